The van der Waals surface area contributed by atoms with E-state index in [4.69, 9.17) is 0 Å². The van der Waals surface area contributed by atoms with Gasteiger partial charge >= 0.3 is 0 Å². The molecule has 6 nitrogen and oxygen atoms in total. The smallest absolute Gasteiger partial charge is 0.261 e. The maximum Gasteiger partial charge on any atom is 0.261 e. The second-order valence-electron chi connectivity index (χ2n) is 7.60. The van der Waals surface area contributed by atoms with Gasteiger partial charge in [-0.1, -0.05) is 19.1 Å². The average Bonchev–Trinajstić information content (AvgIpc) is 3.12. The van der Waals surface area contributed by atoms with Crippen LogP contribution in [0.25, 0.3) is 0 Å². The van der Waals surface area contributed by atoms with E-state index in [-0.39, 0.29) is 5.91 Å². The lowest BCUT2D eigenvalue weighted by molar-refractivity contribution is 0.0984. The molecule has 1 aromatic carbocycles. The van der Waals surface area contributed by atoms with Crippen LogP contribution in [0, 0.1) is 5.92 Å². The first-order valence-corrected chi connectivity index (χ1v) is 9.50. The van der Waals surface area contributed by atoms with Crippen LogP contribution in [0.15, 0.2) is 36.7 Å². The molecule has 0 spiro atoms. The third kappa shape index (κ3) is 3.21. The normalized spacial score (nSPS) is 23.5. The summed E-state index contributed by atoms with van der Waals surface area (Å²) in [6.45, 7) is 5.84. The number of carbonyl (C=O) groups is 1. The summed E-state index contributed by atoms with van der Waals surface area (Å²) in [6.07, 6.45) is 5.90. The summed E-state index contributed by atoms with van der Waals surface area (Å²) in [6, 6.07) is 8.50. The molecule has 1 N–H and O–H groups in total. The number of aromatic nitrogens is 2. The fourth-order valence-electron chi connectivity index (χ4n) is 4.10. The summed E-state index contributed by atoms with van der Waals surface area (Å²) >= 11 is 0. The molecular formula is C20H27N5O. The molecule has 0 radical (unpaired) electrons. The lowest BCUT2D eigenvalue weighted by Crippen LogP contribution is -2.35. The highest BCUT2D eigenvalue weighted by Gasteiger charge is 2.28. The molecular weight excluding hydrogens is 326 g/mol. The Labute approximate surface area is 154 Å². The van der Waals surface area contributed by atoms with Crippen molar-refractivity contribution >= 4 is 17.3 Å². The van der Waals surface area contributed by atoms with Crippen LogP contribution in [0.4, 0.5) is 11.4 Å². The van der Waals surface area contributed by atoms with Crippen molar-refractivity contribution in [3.05, 3.63) is 42.2 Å². The SMILES string of the molecule is CC1CN(C)c2ccccc2N(C(=O)c2cnn(C3CCCNC3)c2)C1. The number of amides is 1. The Bertz CT molecular complexity index is 780. The molecule has 2 aliphatic rings. The van der Waals surface area contributed by atoms with Crippen LogP contribution in [0.3, 0.4) is 0 Å². The van der Waals surface area contributed by atoms with E-state index in [2.05, 4.69) is 35.4 Å². The van der Waals surface area contributed by atoms with E-state index in [1.807, 2.05) is 34.0 Å². The monoisotopic (exact) mass is 353 g/mol. The first-order chi connectivity index (χ1) is 12.6. The summed E-state index contributed by atoms with van der Waals surface area (Å²) in [4.78, 5) is 17.5. The third-order valence-electron chi connectivity index (χ3n) is 5.40. The Hall–Kier alpha value is -2.34. The number of anilines is 2. The van der Waals surface area contributed by atoms with Crippen LogP contribution in [-0.2, 0) is 0 Å². The van der Waals surface area contributed by atoms with E-state index in [0.29, 0.717) is 17.5 Å². The van der Waals surface area contributed by atoms with Gasteiger partial charge in [-0.25, -0.2) is 0 Å². The highest BCUT2D eigenvalue weighted by Crippen LogP contribution is 2.33. The third-order valence-corrected chi connectivity index (χ3v) is 5.40. The molecule has 3 heterocycles. The largest absolute Gasteiger partial charge is 0.373 e. The molecule has 138 valence electrons. The lowest BCUT2D eigenvalue weighted by atomic mass is 10.1. The molecule has 2 aliphatic heterocycles. The minimum atomic E-state index is 0.0367. The van der Waals surface area contributed by atoms with Gasteiger partial charge in [-0.3, -0.25) is 9.48 Å². The highest BCUT2D eigenvalue weighted by atomic mass is 16.2. The molecule has 1 aromatic heterocycles. The molecule has 6 heteroatoms. The van der Waals surface area contributed by atoms with Crippen molar-refractivity contribution in [1.82, 2.24) is 15.1 Å². The number of carbonyl (C=O) groups excluding carboxylic acids is 1. The number of nitrogens with zero attached hydrogens (tertiary/aromatic N) is 4. The summed E-state index contributed by atoms with van der Waals surface area (Å²) in [7, 11) is 2.09. The zero-order valence-corrected chi connectivity index (χ0v) is 15.6. The summed E-state index contributed by atoms with van der Waals surface area (Å²) in [5.74, 6) is 0.434. The van der Waals surface area contributed by atoms with Gasteiger partial charge in [0.2, 0.25) is 0 Å². The van der Waals surface area contributed by atoms with Crippen molar-refractivity contribution in [2.75, 3.05) is 43.0 Å². The maximum atomic E-state index is 13.3. The molecule has 4 rings (SSSR count). The van der Waals surface area contributed by atoms with Crippen molar-refractivity contribution < 1.29 is 4.79 Å². The number of para-hydroxylation sites is 2. The van der Waals surface area contributed by atoms with E-state index in [1.165, 1.54) is 0 Å². The molecule has 1 saturated heterocycles. The van der Waals surface area contributed by atoms with Gasteiger partial charge in [0.15, 0.2) is 0 Å². The van der Waals surface area contributed by atoms with E-state index < -0.39 is 0 Å². The van der Waals surface area contributed by atoms with Crippen molar-refractivity contribution in [2.45, 2.75) is 25.8 Å². The molecule has 1 fully saturated rings. The van der Waals surface area contributed by atoms with Gasteiger partial charge in [0.1, 0.15) is 0 Å². The predicted octanol–water partition coefficient (Wildman–Crippen LogP) is 2.54. The second kappa shape index (κ2) is 7.11. The molecule has 0 saturated carbocycles. The van der Waals surface area contributed by atoms with Crippen LogP contribution < -0.4 is 15.1 Å². The quantitative estimate of drug-likeness (QED) is 0.901. The van der Waals surface area contributed by atoms with E-state index in [0.717, 1.165) is 50.4 Å². The van der Waals surface area contributed by atoms with Crippen molar-refractivity contribution in [3.8, 4) is 0 Å². The fourth-order valence-corrected chi connectivity index (χ4v) is 4.10. The minimum Gasteiger partial charge on any atom is -0.373 e. The Morgan fingerprint density at radius 1 is 1.23 bits per heavy atom. The fraction of sp³-hybridized carbons (Fsp3) is 0.500. The molecule has 2 atom stereocenters. The molecule has 2 aromatic rings. The van der Waals surface area contributed by atoms with Gasteiger partial charge in [0, 0.05) is 32.9 Å². The number of benzene rings is 1. The number of fused-ring (bicyclic) bond motifs is 1. The number of hydrogen-bond donors (Lipinski definition) is 1. The van der Waals surface area contributed by atoms with E-state index in [1.54, 1.807) is 6.20 Å². The van der Waals surface area contributed by atoms with Gasteiger partial charge in [-0.15, -0.1) is 0 Å². The average molecular weight is 353 g/mol. The van der Waals surface area contributed by atoms with E-state index >= 15 is 0 Å². The molecule has 1 amide bonds. The van der Waals surface area contributed by atoms with Crippen molar-refractivity contribution in [1.29, 1.82) is 0 Å². The Kier molecular flexibility index (Phi) is 4.68. The Balaban J connectivity index is 1.63. The molecule has 0 bridgehead atoms. The lowest BCUT2D eigenvalue weighted by Gasteiger charge is -2.24. The first-order valence-electron chi connectivity index (χ1n) is 9.50. The first kappa shape index (κ1) is 17.1. The molecule has 0 aliphatic carbocycles. The van der Waals surface area contributed by atoms with Crippen LogP contribution in [-0.4, -0.2) is 48.9 Å². The standard InChI is InChI=1S/C20H27N5O/c1-15-12-23(2)18-7-3-4-8-19(18)24(13-15)20(26)16-10-22-25(14-16)17-6-5-9-21-11-17/h3-4,7-8,10,14-15,17,21H,5-6,9,11-13H2,1-2H3. The Morgan fingerprint density at radius 2 is 2.04 bits per heavy atom. The topological polar surface area (TPSA) is 53.4 Å². The molecule has 26 heavy (non-hydrogen) atoms. The summed E-state index contributed by atoms with van der Waals surface area (Å²) in [5.41, 5.74) is 2.76. The van der Waals surface area contributed by atoms with Crippen LogP contribution in [0.2, 0.25) is 0 Å². The number of rotatable bonds is 2. The Morgan fingerprint density at radius 3 is 2.81 bits per heavy atom. The maximum absolute atomic E-state index is 13.3. The molecule has 2 unspecified atom stereocenters. The number of piperidine rings is 1. The zero-order chi connectivity index (χ0) is 18.1. The predicted molar refractivity (Wildman–Crippen MR) is 104 cm³/mol. The van der Waals surface area contributed by atoms with Crippen LogP contribution in [0.1, 0.15) is 36.2 Å². The zero-order valence-electron chi connectivity index (χ0n) is 15.6. The van der Waals surface area contributed by atoms with Gasteiger partial charge in [0.25, 0.3) is 5.91 Å². The van der Waals surface area contributed by atoms with Gasteiger partial charge in [-0.2, -0.15) is 5.10 Å². The highest BCUT2D eigenvalue weighted by molar-refractivity contribution is 6.07. The number of hydrogen-bond acceptors (Lipinski definition) is 4. The minimum absolute atomic E-state index is 0.0367. The summed E-state index contributed by atoms with van der Waals surface area (Å²) in [5, 5.41) is 7.89. The van der Waals surface area contributed by atoms with Gasteiger partial charge in [-0.05, 0) is 37.4 Å². The van der Waals surface area contributed by atoms with Gasteiger partial charge in [0.05, 0.1) is 29.2 Å². The van der Waals surface area contributed by atoms with Crippen molar-refractivity contribution in [2.24, 2.45) is 5.92 Å². The van der Waals surface area contributed by atoms with Crippen LogP contribution in [0.5, 0.6) is 0 Å². The van der Waals surface area contributed by atoms with Gasteiger partial charge < -0.3 is 15.1 Å². The second-order valence-corrected chi connectivity index (χ2v) is 7.60. The van der Waals surface area contributed by atoms with Crippen molar-refractivity contribution in [3.63, 3.8) is 0 Å². The summed E-state index contributed by atoms with van der Waals surface area (Å²) < 4.78 is 1.96. The van der Waals surface area contributed by atoms with E-state index in [9.17, 15) is 4.79 Å². The van der Waals surface area contributed by atoms with Crippen LogP contribution >= 0.6 is 0 Å². The number of nitrogens with one attached hydrogen (secondary N) is 1.